The van der Waals surface area contributed by atoms with Gasteiger partial charge in [0.15, 0.2) is 11.6 Å². The van der Waals surface area contributed by atoms with Crippen LogP contribution in [0.1, 0.15) is 47.8 Å². The molecule has 0 aliphatic heterocycles. The molecule has 6 heteroatoms. The molecule has 0 saturated carbocycles. The van der Waals surface area contributed by atoms with Crippen LogP contribution in [0.25, 0.3) is 0 Å². The summed E-state index contributed by atoms with van der Waals surface area (Å²) in [6.07, 6.45) is 0. The van der Waals surface area contributed by atoms with E-state index in [2.05, 4.69) is 5.16 Å². The minimum atomic E-state index is -0.293. The van der Waals surface area contributed by atoms with E-state index in [1.165, 1.54) is 4.90 Å². The zero-order chi connectivity index (χ0) is 22.5. The number of carbonyl (C=O) groups excluding carboxylic acids is 3. The zero-order valence-corrected chi connectivity index (χ0v) is 17.5. The van der Waals surface area contributed by atoms with Crippen LogP contribution < -0.4 is 0 Å². The number of oxime groups is 1. The normalized spacial score (nSPS) is 12.3. The maximum atomic E-state index is 12.3. The second kappa shape index (κ2) is 9.17. The van der Waals surface area contributed by atoms with Crippen LogP contribution in [0.15, 0.2) is 78.0 Å². The summed E-state index contributed by atoms with van der Waals surface area (Å²) in [4.78, 5) is 37.6. The lowest BCUT2D eigenvalue weighted by Crippen LogP contribution is -2.30. The summed E-state index contributed by atoms with van der Waals surface area (Å²) in [5.41, 5.74) is 3.55. The molecule has 3 aromatic carbocycles. The van der Waals surface area contributed by atoms with Crippen LogP contribution >= 0.6 is 0 Å². The maximum Gasteiger partial charge on any atom is 0.231 e. The molecule has 0 amide bonds. The van der Waals surface area contributed by atoms with Crippen LogP contribution in [-0.4, -0.2) is 47.4 Å². The number of amidine groups is 1. The smallest absolute Gasteiger partial charge is 0.231 e. The number of ketones is 3. The second-order valence-electron chi connectivity index (χ2n) is 7.27. The number of fused-ring (bicyclic) bond motifs is 2. The number of benzene rings is 3. The van der Waals surface area contributed by atoms with Gasteiger partial charge in [0.1, 0.15) is 0 Å². The number of Topliss-reactive ketones (excluding diaryl/α,β-unsaturated/α-hetero) is 1. The Hall–Kier alpha value is -4.06. The number of rotatable bonds is 2. The molecule has 6 nitrogen and oxygen atoms in total. The summed E-state index contributed by atoms with van der Waals surface area (Å²) in [6.45, 7) is 1.92. The van der Waals surface area contributed by atoms with Gasteiger partial charge in [-0.15, -0.1) is 0 Å². The van der Waals surface area contributed by atoms with Crippen molar-refractivity contribution in [3.8, 4) is 0 Å². The topological polar surface area (TPSA) is 87.0 Å². The molecule has 0 bridgehead atoms. The van der Waals surface area contributed by atoms with Gasteiger partial charge in [-0.05, 0) is 13.0 Å². The number of nitrogens with zero attached hydrogens (tertiary/aromatic N) is 2. The van der Waals surface area contributed by atoms with Crippen LogP contribution in [0.3, 0.4) is 0 Å². The molecular formula is C25H22N2O4. The average molecular weight is 414 g/mol. The molecule has 0 unspecified atom stereocenters. The lowest BCUT2D eigenvalue weighted by molar-refractivity contribution is 0.0979. The van der Waals surface area contributed by atoms with Crippen molar-refractivity contribution in [1.82, 2.24) is 4.90 Å². The van der Waals surface area contributed by atoms with E-state index in [-0.39, 0.29) is 23.2 Å². The zero-order valence-electron chi connectivity index (χ0n) is 17.5. The van der Waals surface area contributed by atoms with Crippen molar-refractivity contribution in [1.29, 1.82) is 0 Å². The molecule has 31 heavy (non-hydrogen) atoms. The Balaban J connectivity index is 0.000000180. The van der Waals surface area contributed by atoms with Crippen molar-refractivity contribution in [2.24, 2.45) is 5.16 Å². The van der Waals surface area contributed by atoms with Crippen LogP contribution in [0, 0.1) is 6.92 Å². The molecule has 1 aliphatic rings. The average Bonchev–Trinajstić information content (AvgIpc) is 2.78. The van der Waals surface area contributed by atoms with Crippen LogP contribution in [-0.2, 0) is 0 Å². The Morgan fingerprint density at radius 3 is 1.84 bits per heavy atom. The number of aryl methyl sites for hydroxylation is 1. The van der Waals surface area contributed by atoms with E-state index in [1.54, 1.807) is 74.8 Å². The van der Waals surface area contributed by atoms with E-state index in [1.807, 2.05) is 19.1 Å². The molecule has 0 spiro atoms. The summed E-state index contributed by atoms with van der Waals surface area (Å²) in [5, 5.41) is 11.6. The lowest BCUT2D eigenvalue weighted by Gasteiger charge is -2.17. The molecule has 1 aliphatic carbocycles. The quantitative estimate of drug-likeness (QED) is 0.176. The standard InChI is InChI=1S/C15H10O2.C10H12N2O2/c1-9-6-7-12-13(8-9)15(17)11-5-3-2-4-10(11)14(12)16;1-12(2)10(11-14)9(13)8-6-4-3-5-7-8/h2-8H,1H3;3-7,14H,1-2H3. The molecule has 156 valence electrons. The second-order valence-corrected chi connectivity index (χ2v) is 7.27. The number of hydrogen-bond acceptors (Lipinski definition) is 5. The molecule has 1 N–H and O–H groups in total. The predicted octanol–water partition coefficient (Wildman–Crippen LogP) is 3.99. The van der Waals surface area contributed by atoms with Crippen molar-refractivity contribution < 1.29 is 19.6 Å². The van der Waals surface area contributed by atoms with Crippen molar-refractivity contribution in [2.45, 2.75) is 6.92 Å². The van der Waals surface area contributed by atoms with Gasteiger partial charge in [-0.2, -0.15) is 0 Å². The third kappa shape index (κ3) is 4.43. The van der Waals surface area contributed by atoms with E-state index in [0.29, 0.717) is 27.8 Å². The molecule has 0 aromatic heterocycles. The van der Waals surface area contributed by atoms with Crippen molar-refractivity contribution in [3.05, 3.63) is 106 Å². The Morgan fingerprint density at radius 2 is 1.29 bits per heavy atom. The minimum Gasteiger partial charge on any atom is -0.409 e. The summed E-state index contributed by atoms with van der Waals surface area (Å²) in [5.74, 6) is -0.386. The Morgan fingerprint density at radius 1 is 0.774 bits per heavy atom. The van der Waals surface area contributed by atoms with Gasteiger partial charge < -0.3 is 10.1 Å². The summed E-state index contributed by atoms with van der Waals surface area (Å²) in [6, 6.07) is 21.1. The molecule has 4 rings (SSSR count). The largest absolute Gasteiger partial charge is 0.409 e. The fraction of sp³-hybridized carbons (Fsp3) is 0.120. The van der Waals surface area contributed by atoms with Gasteiger partial charge in [0, 0.05) is 41.9 Å². The molecule has 0 saturated heterocycles. The Kier molecular flexibility index (Phi) is 6.40. The monoisotopic (exact) mass is 414 g/mol. The van der Waals surface area contributed by atoms with E-state index < -0.39 is 0 Å². The van der Waals surface area contributed by atoms with Gasteiger partial charge >= 0.3 is 0 Å². The van der Waals surface area contributed by atoms with Crippen molar-refractivity contribution >= 4 is 23.2 Å². The van der Waals surface area contributed by atoms with Gasteiger partial charge in [-0.3, -0.25) is 14.4 Å². The highest BCUT2D eigenvalue weighted by Gasteiger charge is 2.28. The SMILES string of the molecule is CN(C)C(=NO)C(=O)c1ccccc1.Cc1ccc2c(c1)C(=O)c1ccccc1C2=O. The van der Waals surface area contributed by atoms with E-state index >= 15 is 0 Å². The first-order valence-corrected chi connectivity index (χ1v) is 9.63. The fourth-order valence-electron chi connectivity index (χ4n) is 3.27. The van der Waals surface area contributed by atoms with Crippen LogP contribution in [0.4, 0.5) is 0 Å². The van der Waals surface area contributed by atoms with Gasteiger partial charge in [0.2, 0.25) is 11.6 Å². The van der Waals surface area contributed by atoms with E-state index in [9.17, 15) is 14.4 Å². The van der Waals surface area contributed by atoms with Gasteiger partial charge in [-0.25, -0.2) is 0 Å². The third-order valence-corrected chi connectivity index (χ3v) is 4.84. The summed E-state index contributed by atoms with van der Waals surface area (Å²) < 4.78 is 0. The number of likely N-dealkylation sites (N-methyl/N-ethyl adjacent to an activating group) is 1. The van der Waals surface area contributed by atoms with Crippen LogP contribution in [0.2, 0.25) is 0 Å². The van der Waals surface area contributed by atoms with E-state index in [4.69, 9.17) is 5.21 Å². The van der Waals surface area contributed by atoms with Crippen LogP contribution in [0.5, 0.6) is 0 Å². The summed E-state index contributed by atoms with van der Waals surface area (Å²) >= 11 is 0. The van der Waals surface area contributed by atoms with Crippen molar-refractivity contribution in [2.75, 3.05) is 14.1 Å². The number of hydrogen-bond donors (Lipinski definition) is 1. The summed E-state index contributed by atoms with van der Waals surface area (Å²) in [7, 11) is 3.30. The van der Waals surface area contributed by atoms with Gasteiger partial charge in [0.25, 0.3) is 0 Å². The highest BCUT2D eigenvalue weighted by atomic mass is 16.4. The lowest BCUT2D eigenvalue weighted by atomic mass is 9.83. The molecular weight excluding hydrogens is 392 g/mol. The fourth-order valence-corrected chi connectivity index (χ4v) is 3.27. The van der Waals surface area contributed by atoms with Gasteiger partial charge in [-0.1, -0.05) is 77.4 Å². The Labute approximate surface area is 180 Å². The molecule has 0 fully saturated rings. The maximum absolute atomic E-state index is 12.3. The molecule has 3 aromatic rings. The first-order valence-electron chi connectivity index (χ1n) is 9.63. The Bertz CT molecular complexity index is 1180. The minimum absolute atomic E-state index is 0.0243. The third-order valence-electron chi connectivity index (χ3n) is 4.84. The molecule has 0 heterocycles. The highest BCUT2D eigenvalue weighted by Crippen LogP contribution is 2.27. The van der Waals surface area contributed by atoms with Gasteiger partial charge in [0.05, 0.1) is 0 Å². The predicted molar refractivity (Wildman–Crippen MR) is 118 cm³/mol. The first kappa shape index (κ1) is 21.6. The number of carbonyl (C=O) groups is 3. The highest BCUT2D eigenvalue weighted by molar-refractivity contribution is 6.44. The van der Waals surface area contributed by atoms with Crippen molar-refractivity contribution in [3.63, 3.8) is 0 Å². The first-order chi connectivity index (χ1) is 14.8. The molecule has 0 radical (unpaired) electrons. The van der Waals surface area contributed by atoms with E-state index in [0.717, 1.165) is 5.56 Å². The molecule has 0 atom stereocenters.